The Balaban J connectivity index is 1.29. The molecule has 2 N–H and O–H groups in total. The number of phenolic OH excluding ortho intramolecular Hbond substituents is 1. The van der Waals surface area contributed by atoms with Gasteiger partial charge in [-0.15, -0.1) is 0 Å². The summed E-state index contributed by atoms with van der Waals surface area (Å²) in [6.45, 7) is 3.88. The third-order valence-corrected chi connectivity index (χ3v) is 6.20. The summed E-state index contributed by atoms with van der Waals surface area (Å²) in [5, 5.41) is 14.0. The molecule has 4 nitrogen and oxygen atoms in total. The summed E-state index contributed by atoms with van der Waals surface area (Å²) in [6, 6.07) is 8.09. The standard InChI is InChI=1S/C18H25N3OS/c22-16-5-3-15(4-6-16)20-7-9-21(10-8-20)18(23)19-17-12-13-1-2-14(17)11-13/h3-6,13-14,17,22H,1-2,7-12H2,(H,19,23)/t13-,14-,17-/m0/s1. The normalized spacial score (nSPS) is 29.8. The number of aromatic hydroxyl groups is 1. The number of fused-ring (bicyclic) bond motifs is 2. The summed E-state index contributed by atoms with van der Waals surface area (Å²) in [7, 11) is 0. The smallest absolute Gasteiger partial charge is 0.169 e. The predicted molar refractivity (Wildman–Crippen MR) is 96.9 cm³/mol. The van der Waals surface area contributed by atoms with Gasteiger partial charge in [0.1, 0.15) is 5.75 Å². The summed E-state index contributed by atoms with van der Waals surface area (Å²) in [5.74, 6) is 2.13. The first kappa shape index (κ1) is 15.1. The molecule has 2 aliphatic carbocycles. The molecule has 5 heteroatoms. The second-order valence-electron chi connectivity index (χ2n) is 7.22. The van der Waals surface area contributed by atoms with E-state index in [4.69, 9.17) is 12.2 Å². The second-order valence-corrected chi connectivity index (χ2v) is 7.61. The molecule has 1 saturated heterocycles. The van der Waals surface area contributed by atoms with Gasteiger partial charge in [0, 0.05) is 37.9 Å². The van der Waals surface area contributed by atoms with Crippen LogP contribution in [0.15, 0.2) is 24.3 Å². The molecule has 2 saturated carbocycles. The van der Waals surface area contributed by atoms with Crippen LogP contribution in [0.3, 0.4) is 0 Å². The van der Waals surface area contributed by atoms with Crippen LogP contribution >= 0.6 is 12.2 Å². The highest BCUT2D eigenvalue weighted by Gasteiger charge is 2.40. The summed E-state index contributed by atoms with van der Waals surface area (Å²) in [5.41, 5.74) is 1.18. The van der Waals surface area contributed by atoms with Crippen molar-refractivity contribution in [1.82, 2.24) is 10.2 Å². The summed E-state index contributed by atoms with van der Waals surface area (Å²) in [6.07, 6.45) is 5.55. The van der Waals surface area contributed by atoms with E-state index in [1.54, 1.807) is 12.1 Å². The molecular formula is C18H25N3OS. The number of nitrogens with one attached hydrogen (secondary N) is 1. The molecule has 3 fully saturated rings. The van der Waals surface area contributed by atoms with Crippen molar-refractivity contribution in [2.45, 2.75) is 31.7 Å². The maximum absolute atomic E-state index is 9.40. The van der Waals surface area contributed by atoms with Gasteiger partial charge in [0.25, 0.3) is 0 Å². The molecule has 0 spiro atoms. The molecule has 2 bridgehead atoms. The minimum Gasteiger partial charge on any atom is -0.508 e. The van der Waals surface area contributed by atoms with Crippen LogP contribution in [0.2, 0.25) is 0 Å². The van der Waals surface area contributed by atoms with E-state index in [1.165, 1.54) is 31.4 Å². The van der Waals surface area contributed by atoms with E-state index < -0.39 is 0 Å². The Morgan fingerprint density at radius 3 is 2.39 bits per heavy atom. The van der Waals surface area contributed by atoms with Crippen LogP contribution in [0.5, 0.6) is 5.75 Å². The number of anilines is 1. The number of hydrogen-bond acceptors (Lipinski definition) is 3. The highest BCUT2D eigenvalue weighted by atomic mass is 32.1. The van der Waals surface area contributed by atoms with E-state index >= 15 is 0 Å². The number of piperazine rings is 1. The van der Waals surface area contributed by atoms with Crippen molar-refractivity contribution in [3.8, 4) is 5.75 Å². The first-order valence-corrected chi connectivity index (χ1v) is 9.19. The highest BCUT2D eigenvalue weighted by molar-refractivity contribution is 7.80. The molecule has 1 heterocycles. The van der Waals surface area contributed by atoms with Crippen molar-refractivity contribution in [2.75, 3.05) is 31.1 Å². The monoisotopic (exact) mass is 331 g/mol. The molecule has 3 atom stereocenters. The maximum atomic E-state index is 9.40. The van der Waals surface area contributed by atoms with Crippen LogP contribution in [0.1, 0.15) is 25.7 Å². The number of phenols is 1. The van der Waals surface area contributed by atoms with Gasteiger partial charge in [-0.1, -0.05) is 6.42 Å². The van der Waals surface area contributed by atoms with Crippen molar-refractivity contribution in [1.29, 1.82) is 0 Å². The third kappa shape index (κ3) is 3.11. The highest BCUT2D eigenvalue weighted by Crippen LogP contribution is 2.44. The topological polar surface area (TPSA) is 38.7 Å². The summed E-state index contributed by atoms with van der Waals surface area (Å²) >= 11 is 5.66. The van der Waals surface area contributed by atoms with E-state index in [0.717, 1.165) is 43.1 Å². The van der Waals surface area contributed by atoms with Gasteiger partial charge >= 0.3 is 0 Å². The average Bonchev–Trinajstić information content (AvgIpc) is 3.18. The quantitative estimate of drug-likeness (QED) is 0.815. The van der Waals surface area contributed by atoms with Gasteiger partial charge in [-0.25, -0.2) is 0 Å². The van der Waals surface area contributed by atoms with Gasteiger partial charge in [-0.05, 0) is 67.6 Å². The fourth-order valence-electron chi connectivity index (χ4n) is 4.50. The lowest BCUT2D eigenvalue weighted by Crippen LogP contribution is -2.54. The van der Waals surface area contributed by atoms with Crippen molar-refractivity contribution in [2.24, 2.45) is 11.8 Å². The Morgan fingerprint density at radius 2 is 1.78 bits per heavy atom. The molecular weight excluding hydrogens is 306 g/mol. The minimum absolute atomic E-state index is 0.323. The minimum atomic E-state index is 0.323. The molecule has 23 heavy (non-hydrogen) atoms. The zero-order valence-electron chi connectivity index (χ0n) is 13.4. The van der Waals surface area contributed by atoms with Gasteiger partial charge < -0.3 is 20.2 Å². The second kappa shape index (κ2) is 6.19. The lowest BCUT2D eigenvalue weighted by Gasteiger charge is -2.38. The first-order valence-electron chi connectivity index (χ1n) is 8.78. The largest absolute Gasteiger partial charge is 0.508 e. The molecule has 0 aromatic heterocycles. The van der Waals surface area contributed by atoms with E-state index in [1.807, 2.05) is 12.1 Å². The number of thiocarbonyl (C=S) groups is 1. The van der Waals surface area contributed by atoms with Gasteiger partial charge in [0.05, 0.1) is 0 Å². The lowest BCUT2D eigenvalue weighted by atomic mass is 9.95. The van der Waals surface area contributed by atoms with Crippen LogP contribution in [0.4, 0.5) is 5.69 Å². The van der Waals surface area contributed by atoms with Crippen LogP contribution in [-0.2, 0) is 0 Å². The Morgan fingerprint density at radius 1 is 1.04 bits per heavy atom. The Kier molecular flexibility index (Phi) is 4.05. The molecule has 4 rings (SSSR count). The van der Waals surface area contributed by atoms with Crippen LogP contribution in [0, 0.1) is 11.8 Å². The lowest BCUT2D eigenvalue weighted by molar-refractivity contribution is 0.345. The average molecular weight is 331 g/mol. The number of hydrogen-bond donors (Lipinski definition) is 2. The molecule has 0 radical (unpaired) electrons. The van der Waals surface area contributed by atoms with E-state index in [9.17, 15) is 5.11 Å². The van der Waals surface area contributed by atoms with Crippen molar-refractivity contribution in [3.05, 3.63) is 24.3 Å². The summed E-state index contributed by atoms with van der Waals surface area (Å²) < 4.78 is 0. The molecule has 1 aromatic rings. The fourth-order valence-corrected chi connectivity index (χ4v) is 4.84. The van der Waals surface area contributed by atoms with Crippen molar-refractivity contribution >= 4 is 23.0 Å². The predicted octanol–water partition coefficient (Wildman–Crippen LogP) is 2.58. The van der Waals surface area contributed by atoms with Crippen molar-refractivity contribution < 1.29 is 5.11 Å². The molecule has 3 aliphatic rings. The molecule has 0 amide bonds. The van der Waals surface area contributed by atoms with Crippen LogP contribution in [-0.4, -0.2) is 47.3 Å². The number of rotatable bonds is 2. The number of nitrogens with zero attached hydrogens (tertiary/aromatic N) is 2. The SMILES string of the molecule is Oc1ccc(N2CCN(C(=S)N[C@H]3C[C@H]4CC[C@H]3C4)CC2)cc1. The molecule has 1 aromatic carbocycles. The third-order valence-electron chi connectivity index (χ3n) is 5.83. The van der Waals surface area contributed by atoms with E-state index in [0.29, 0.717) is 11.8 Å². The fraction of sp³-hybridized carbons (Fsp3) is 0.611. The maximum Gasteiger partial charge on any atom is 0.169 e. The Bertz CT molecular complexity index is 568. The van der Waals surface area contributed by atoms with E-state index in [-0.39, 0.29) is 0 Å². The van der Waals surface area contributed by atoms with Crippen LogP contribution in [0.25, 0.3) is 0 Å². The van der Waals surface area contributed by atoms with Gasteiger partial charge in [0.15, 0.2) is 5.11 Å². The first-order chi connectivity index (χ1) is 11.2. The van der Waals surface area contributed by atoms with Crippen molar-refractivity contribution in [3.63, 3.8) is 0 Å². The Labute approximate surface area is 143 Å². The molecule has 124 valence electrons. The van der Waals surface area contributed by atoms with E-state index in [2.05, 4.69) is 15.1 Å². The zero-order valence-corrected chi connectivity index (χ0v) is 14.3. The van der Waals surface area contributed by atoms with Gasteiger partial charge in [-0.3, -0.25) is 0 Å². The Hall–Kier alpha value is -1.49. The van der Waals surface area contributed by atoms with Crippen LogP contribution < -0.4 is 10.2 Å². The van der Waals surface area contributed by atoms with Gasteiger partial charge in [-0.2, -0.15) is 0 Å². The van der Waals surface area contributed by atoms with Gasteiger partial charge in [0.2, 0.25) is 0 Å². The summed E-state index contributed by atoms with van der Waals surface area (Å²) in [4.78, 5) is 4.67. The molecule has 1 aliphatic heterocycles. The molecule has 0 unspecified atom stereocenters. The zero-order chi connectivity index (χ0) is 15.8. The number of benzene rings is 1.